The van der Waals surface area contributed by atoms with Crippen LogP contribution in [0.15, 0.2) is 17.5 Å². The highest BCUT2D eigenvalue weighted by atomic mass is 32.2. The molecule has 0 spiro atoms. The van der Waals surface area contributed by atoms with E-state index in [-0.39, 0.29) is 16.5 Å². The largest absolute Gasteiger partial charge is 0.323 e. The van der Waals surface area contributed by atoms with Gasteiger partial charge in [0.25, 0.3) is 0 Å². The summed E-state index contributed by atoms with van der Waals surface area (Å²) in [6.45, 7) is 3.73. The van der Waals surface area contributed by atoms with Crippen LogP contribution in [0.1, 0.15) is 17.2 Å². The van der Waals surface area contributed by atoms with E-state index in [1.54, 1.807) is 23.1 Å². The molecule has 0 N–H and O–H groups in total. The zero-order valence-corrected chi connectivity index (χ0v) is 12.1. The predicted molar refractivity (Wildman–Crippen MR) is 74.4 cm³/mol. The van der Waals surface area contributed by atoms with Crippen molar-refractivity contribution >= 4 is 29.0 Å². The molecule has 3 nitrogen and oxygen atoms in total. The van der Waals surface area contributed by atoms with Crippen molar-refractivity contribution < 1.29 is 4.79 Å². The number of nitrogens with zero attached hydrogens (tertiary/aromatic N) is 2. The quantitative estimate of drug-likeness (QED) is 0.838. The number of hydrogen-bond acceptors (Lipinski definition) is 4. The highest BCUT2D eigenvalue weighted by Gasteiger charge is 2.38. The van der Waals surface area contributed by atoms with E-state index in [1.165, 1.54) is 4.88 Å². The first-order valence-corrected chi connectivity index (χ1v) is 7.56. The van der Waals surface area contributed by atoms with Crippen LogP contribution in [-0.2, 0) is 4.79 Å². The topological polar surface area (TPSA) is 23.6 Å². The minimum absolute atomic E-state index is 0.0873. The van der Waals surface area contributed by atoms with Gasteiger partial charge in [0.05, 0.1) is 5.25 Å². The molecular weight excluding hydrogens is 252 g/mol. The van der Waals surface area contributed by atoms with E-state index < -0.39 is 0 Å². The molecule has 0 bridgehead atoms. The van der Waals surface area contributed by atoms with E-state index in [0.29, 0.717) is 0 Å². The van der Waals surface area contributed by atoms with E-state index >= 15 is 0 Å². The van der Waals surface area contributed by atoms with E-state index in [9.17, 15) is 4.79 Å². The van der Waals surface area contributed by atoms with Gasteiger partial charge in [0.15, 0.2) is 0 Å². The van der Waals surface area contributed by atoms with E-state index in [2.05, 4.69) is 22.4 Å². The average Bonchev–Trinajstić information content (AvgIpc) is 2.87. The van der Waals surface area contributed by atoms with Gasteiger partial charge in [0.2, 0.25) is 5.91 Å². The summed E-state index contributed by atoms with van der Waals surface area (Å²) < 4.78 is 0. The van der Waals surface area contributed by atoms with Gasteiger partial charge in [-0.1, -0.05) is 6.07 Å². The monoisotopic (exact) mass is 270 g/mol. The van der Waals surface area contributed by atoms with Crippen molar-refractivity contribution in [2.75, 3.05) is 27.2 Å². The molecule has 1 saturated heterocycles. The molecule has 1 aliphatic rings. The fraction of sp³-hybridized carbons (Fsp3) is 0.583. The lowest BCUT2D eigenvalue weighted by molar-refractivity contribution is -0.129. The molecule has 1 aromatic rings. The molecule has 0 aliphatic carbocycles. The van der Waals surface area contributed by atoms with Crippen molar-refractivity contribution in [3.8, 4) is 0 Å². The van der Waals surface area contributed by atoms with Crippen molar-refractivity contribution in [1.29, 1.82) is 0 Å². The van der Waals surface area contributed by atoms with E-state index in [4.69, 9.17) is 0 Å². The van der Waals surface area contributed by atoms with E-state index in [0.717, 1.165) is 13.1 Å². The molecule has 2 atom stereocenters. The normalized spacial score (nSPS) is 24.9. The summed E-state index contributed by atoms with van der Waals surface area (Å²) in [5.74, 6) is 0.273. The number of thiophene rings is 1. The number of thioether (sulfide) groups is 1. The first-order chi connectivity index (χ1) is 8.09. The van der Waals surface area contributed by atoms with Crippen LogP contribution in [0.25, 0.3) is 0 Å². The van der Waals surface area contributed by atoms with Gasteiger partial charge in [0, 0.05) is 18.0 Å². The summed E-state index contributed by atoms with van der Waals surface area (Å²) >= 11 is 3.49. The second-order valence-corrected chi connectivity index (χ2v) is 6.89. The molecule has 5 heteroatoms. The average molecular weight is 270 g/mol. The number of carbonyl (C=O) groups excluding carboxylic acids is 1. The van der Waals surface area contributed by atoms with Crippen LogP contribution >= 0.6 is 23.1 Å². The first-order valence-electron chi connectivity index (χ1n) is 5.73. The van der Waals surface area contributed by atoms with Gasteiger partial charge >= 0.3 is 0 Å². The molecule has 17 heavy (non-hydrogen) atoms. The highest BCUT2D eigenvalue weighted by molar-refractivity contribution is 8.01. The minimum Gasteiger partial charge on any atom is -0.323 e. The van der Waals surface area contributed by atoms with Gasteiger partial charge in [0.1, 0.15) is 5.37 Å². The maximum Gasteiger partial charge on any atom is 0.236 e. The minimum atomic E-state index is 0.0873. The van der Waals surface area contributed by atoms with Crippen molar-refractivity contribution in [3.63, 3.8) is 0 Å². The Kier molecular flexibility index (Phi) is 4.12. The molecule has 94 valence electrons. The van der Waals surface area contributed by atoms with Gasteiger partial charge in [-0.25, -0.2) is 0 Å². The van der Waals surface area contributed by atoms with Crippen LogP contribution < -0.4 is 0 Å². The molecule has 0 radical (unpaired) electrons. The van der Waals surface area contributed by atoms with Gasteiger partial charge in [-0.3, -0.25) is 4.79 Å². The highest BCUT2D eigenvalue weighted by Crippen LogP contribution is 2.44. The Morgan fingerprint density at radius 2 is 2.24 bits per heavy atom. The van der Waals surface area contributed by atoms with E-state index in [1.807, 2.05) is 25.9 Å². The lowest BCUT2D eigenvalue weighted by Crippen LogP contribution is -2.35. The van der Waals surface area contributed by atoms with Crippen molar-refractivity contribution in [1.82, 2.24) is 9.80 Å². The summed E-state index contributed by atoms with van der Waals surface area (Å²) in [7, 11) is 4.08. The molecule has 0 aromatic carbocycles. The predicted octanol–water partition coefficient (Wildman–Crippen LogP) is 2.27. The fourth-order valence-corrected chi connectivity index (χ4v) is 4.12. The summed E-state index contributed by atoms with van der Waals surface area (Å²) in [6.07, 6.45) is 0. The summed E-state index contributed by atoms with van der Waals surface area (Å²) in [6, 6.07) is 4.18. The maximum atomic E-state index is 12.1. The lowest BCUT2D eigenvalue weighted by Gasteiger charge is -2.24. The van der Waals surface area contributed by atoms with Crippen LogP contribution in [-0.4, -0.2) is 48.1 Å². The van der Waals surface area contributed by atoms with Crippen LogP contribution in [0.5, 0.6) is 0 Å². The van der Waals surface area contributed by atoms with Crippen molar-refractivity contribution in [2.45, 2.75) is 17.5 Å². The SMILES string of the molecule is C[C@@H]1S[C@H](c2cccs2)N(CCN(C)C)C1=O. The summed E-state index contributed by atoms with van der Waals surface area (Å²) in [5.41, 5.74) is 0. The number of amides is 1. The maximum absolute atomic E-state index is 12.1. The van der Waals surface area contributed by atoms with Crippen LogP contribution in [0, 0.1) is 0 Å². The zero-order chi connectivity index (χ0) is 12.4. The van der Waals surface area contributed by atoms with Gasteiger partial charge < -0.3 is 9.80 Å². The van der Waals surface area contributed by atoms with Gasteiger partial charge in [-0.2, -0.15) is 0 Å². The third-order valence-electron chi connectivity index (χ3n) is 2.82. The molecule has 2 rings (SSSR count). The Bertz CT molecular complexity index is 378. The second kappa shape index (κ2) is 5.42. The Labute approximate surface area is 111 Å². The lowest BCUT2D eigenvalue weighted by atomic mass is 10.3. The third kappa shape index (κ3) is 2.84. The molecule has 0 saturated carbocycles. The molecular formula is C12H18N2OS2. The standard InChI is InChI=1S/C12H18N2OS2/c1-9-11(15)14(7-6-13(2)3)12(17-9)10-5-4-8-16-10/h4-5,8-9,12H,6-7H2,1-3H3/t9-,12+/m0/s1. The molecule has 2 heterocycles. The molecule has 0 unspecified atom stereocenters. The number of rotatable bonds is 4. The Balaban J connectivity index is 2.11. The van der Waals surface area contributed by atoms with Gasteiger partial charge in [-0.15, -0.1) is 23.1 Å². The van der Waals surface area contributed by atoms with Crippen molar-refractivity contribution in [3.05, 3.63) is 22.4 Å². The number of likely N-dealkylation sites (N-methyl/N-ethyl adjacent to an activating group) is 1. The number of hydrogen-bond donors (Lipinski definition) is 0. The Hall–Kier alpha value is -0.520. The Morgan fingerprint density at radius 1 is 1.47 bits per heavy atom. The second-order valence-electron chi connectivity index (χ2n) is 4.48. The molecule has 1 amide bonds. The first kappa shape index (κ1) is 12.9. The summed E-state index contributed by atoms with van der Waals surface area (Å²) in [5, 5.41) is 2.38. The zero-order valence-electron chi connectivity index (χ0n) is 10.4. The molecule has 1 aliphatic heterocycles. The van der Waals surface area contributed by atoms with Gasteiger partial charge in [-0.05, 0) is 32.5 Å². The molecule has 1 aromatic heterocycles. The van der Waals surface area contributed by atoms with Crippen LogP contribution in [0.4, 0.5) is 0 Å². The van der Waals surface area contributed by atoms with Crippen LogP contribution in [0.3, 0.4) is 0 Å². The Morgan fingerprint density at radius 3 is 2.82 bits per heavy atom. The van der Waals surface area contributed by atoms with Crippen LogP contribution in [0.2, 0.25) is 0 Å². The van der Waals surface area contributed by atoms with Crippen molar-refractivity contribution in [2.24, 2.45) is 0 Å². The molecule has 1 fully saturated rings. The summed E-state index contributed by atoms with van der Waals surface area (Å²) in [4.78, 5) is 17.5. The third-order valence-corrected chi connectivity index (χ3v) is 5.27. The fourth-order valence-electron chi connectivity index (χ4n) is 1.86. The number of carbonyl (C=O) groups is 1. The smallest absolute Gasteiger partial charge is 0.236 e.